The summed E-state index contributed by atoms with van der Waals surface area (Å²) in [7, 11) is 0. The normalized spacial score (nSPS) is 17.1. The number of hydrogen-bond acceptors (Lipinski definition) is 2. The van der Waals surface area contributed by atoms with Gasteiger partial charge in [-0.25, -0.2) is 0 Å². The molecule has 3 nitrogen and oxygen atoms in total. The number of nitrogens with one attached hydrogen (secondary N) is 1. The lowest BCUT2D eigenvalue weighted by molar-refractivity contribution is 0.441. The van der Waals surface area contributed by atoms with Crippen molar-refractivity contribution in [2.75, 3.05) is 6.54 Å². The van der Waals surface area contributed by atoms with Gasteiger partial charge in [0.2, 0.25) is 0 Å². The third kappa shape index (κ3) is 3.35. The first-order chi connectivity index (χ1) is 8.65. The van der Waals surface area contributed by atoms with Gasteiger partial charge in [-0.15, -0.1) is 0 Å². The predicted octanol–water partition coefficient (Wildman–Crippen LogP) is 3.29. The molecule has 4 heteroatoms. The first-order valence-electron chi connectivity index (χ1n) is 7.10. The summed E-state index contributed by atoms with van der Waals surface area (Å²) < 4.78 is 3.34. The minimum Gasteiger partial charge on any atom is -0.314 e. The summed E-state index contributed by atoms with van der Waals surface area (Å²) in [5.41, 5.74) is 2.47. The van der Waals surface area contributed by atoms with Gasteiger partial charge >= 0.3 is 0 Å². The molecular weight excluding hydrogens is 290 g/mol. The molecule has 18 heavy (non-hydrogen) atoms. The van der Waals surface area contributed by atoms with E-state index >= 15 is 0 Å². The van der Waals surface area contributed by atoms with Crippen LogP contribution in [0.4, 0.5) is 0 Å². The van der Waals surface area contributed by atoms with Crippen molar-refractivity contribution < 1.29 is 0 Å². The molecule has 0 spiro atoms. The van der Waals surface area contributed by atoms with Crippen LogP contribution in [0.25, 0.3) is 0 Å². The van der Waals surface area contributed by atoms with Crippen LogP contribution in [0.3, 0.4) is 0 Å². The Kier molecular flexibility index (Phi) is 4.84. The lowest BCUT2D eigenvalue weighted by Crippen LogP contribution is -2.26. The molecule has 0 radical (unpaired) electrons. The molecule has 0 bridgehead atoms. The van der Waals surface area contributed by atoms with Crippen LogP contribution in [-0.4, -0.2) is 22.4 Å². The minimum atomic E-state index is 0.711. The Balaban J connectivity index is 2.00. The van der Waals surface area contributed by atoms with E-state index in [-0.39, 0.29) is 0 Å². The monoisotopic (exact) mass is 313 g/mol. The highest BCUT2D eigenvalue weighted by Crippen LogP contribution is 2.25. The molecule has 1 aromatic heterocycles. The molecule has 1 N–H and O–H groups in total. The lowest BCUT2D eigenvalue weighted by Gasteiger charge is -2.16. The molecule has 1 unspecified atom stereocenters. The maximum atomic E-state index is 4.57. The molecule has 2 rings (SSSR count). The van der Waals surface area contributed by atoms with Crippen LogP contribution in [0.1, 0.15) is 44.5 Å². The number of aryl methyl sites for hydroxylation is 2. The molecule has 1 fully saturated rings. The van der Waals surface area contributed by atoms with Crippen LogP contribution in [0.2, 0.25) is 0 Å². The number of aromatic nitrogens is 2. The van der Waals surface area contributed by atoms with Crippen LogP contribution < -0.4 is 5.32 Å². The van der Waals surface area contributed by atoms with Gasteiger partial charge in [0.15, 0.2) is 0 Å². The summed E-state index contributed by atoms with van der Waals surface area (Å²) in [4.78, 5) is 0. The van der Waals surface area contributed by atoms with Gasteiger partial charge in [-0.2, -0.15) is 5.10 Å². The number of halogens is 1. The molecule has 1 saturated carbocycles. The fourth-order valence-corrected chi connectivity index (χ4v) is 2.76. The van der Waals surface area contributed by atoms with Crippen molar-refractivity contribution >= 4 is 15.9 Å². The first-order valence-corrected chi connectivity index (χ1v) is 7.90. The fraction of sp³-hybridized carbons (Fsp3) is 0.786. The Morgan fingerprint density at radius 1 is 1.44 bits per heavy atom. The summed E-state index contributed by atoms with van der Waals surface area (Å²) in [5, 5.41) is 8.22. The Morgan fingerprint density at radius 3 is 2.72 bits per heavy atom. The second-order valence-corrected chi connectivity index (χ2v) is 6.12. The first kappa shape index (κ1) is 14.1. The van der Waals surface area contributed by atoms with E-state index in [1.54, 1.807) is 0 Å². The summed E-state index contributed by atoms with van der Waals surface area (Å²) in [6.07, 6.45) is 5.07. The van der Waals surface area contributed by atoms with E-state index < -0.39 is 0 Å². The Labute approximate surface area is 118 Å². The van der Waals surface area contributed by atoms with Gasteiger partial charge in [0.05, 0.1) is 15.9 Å². The van der Waals surface area contributed by atoms with Crippen LogP contribution in [0.5, 0.6) is 0 Å². The average Bonchev–Trinajstić information content (AvgIpc) is 3.15. The van der Waals surface area contributed by atoms with E-state index in [4.69, 9.17) is 0 Å². The van der Waals surface area contributed by atoms with Crippen molar-refractivity contribution in [1.82, 2.24) is 15.1 Å². The molecule has 1 aliphatic carbocycles. The minimum absolute atomic E-state index is 0.711. The lowest BCUT2D eigenvalue weighted by atomic mass is 10.00. The van der Waals surface area contributed by atoms with Crippen LogP contribution in [0.15, 0.2) is 4.47 Å². The second kappa shape index (κ2) is 6.20. The van der Waals surface area contributed by atoms with Gasteiger partial charge in [-0.05, 0) is 61.5 Å². The van der Waals surface area contributed by atoms with Crippen LogP contribution in [-0.2, 0) is 13.0 Å². The van der Waals surface area contributed by atoms with E-state index in [2.05, 4.69) is 51.8 Å². The molecular formula is C14H24BrN3. The van der Waals surface area contributed by atoms with Crippen molar-refractivity contribution in [3.63, 3.8) is 0 Å². The summed E-state index contributed by atoms with van der Waals surface area (Å²) >= 11 is 3.69. The molecule has 1 atom stereocenters. The molecule has 102 valence electrons. The van der Waals surface area contributed by atoms with Crippen molar-refractivity contribution in [3.05, 3.63) is 15.9 Å². The molecule has 0 amide bonds. The second-order valence-electron chi connectivity index (χ2n) is 5.32. The zero-order chi connectivity index (χ0) is 13.1. The predicted molar refractivity (Wildman–Crippen MR) is 78.8 cm³/mol. The summed E-state index contributed by atoms with van der Waals surface area (Å²) in [5.74, 6) is 0.711. The van der Waals surface area contributed by atoms with Gasteiger partial charge in [0, 0.05) is 12.6 Å². The summed E-state index contributed by atoms with van der Waals surface area (Å²) in [6, 6.07) is 0.806. The molecule has 0 aliphatic heterocycles. The molecule has 1 aliphatic rings. The van der Waals surface area contributed by atoms with Crippen molar-refractivity contribution in [3.8, 4) is 0 Å². The Morgan fingerprint density at radius 2 is 2.17 bits per heavy atom. The van der Waals surface area contributed by atoms with Crippen LogP contribution >= 0.6 is 15.9 Å². The highest BCUT2D eigenvalue weighted by atomic mass is 79.9. The highest BCUT2D eigenvalue weighted by molar-refractivity contribution is 9.10. The number of rotatable bonds is 7. The van der Waals surface area contributed by atoms with Crippen molar-refractivity contribution in [2.24, 2.45) is 5.92 Å². The van der Waals surface area contributed by atoms with Gasteiger partial charge in [-0.3, -0.25) is 4.68 Å². The largest absolute Gasteiger partial charge is 0.314 e. The zero-order valence-corrected chi connectivity index (χ0v) is 13.3. The topological polar surface area (TPSA) is 29.9 Å². The van der Waals surface area contributed by atoms with Crippen molar-refractivity contribution in [1.29, 1.82) is 0 Å². The number of hydrogen-bond donors (Lipinski definition) is 1. The van der Waals surface area contributed by atoms with E-state index in [0.29, 0.717) is 5.92 Å². The maximum absolute atomic E-state index is 4.57. The maximum Gasteiger partial charge on any atom is 0.0738 e. The Hall–Kier alpha value is -0.350. The molecule has 0 aromatic carbocycles. The van der Waals surface area contributed by atoms with Crippen LogP contribution in [0, 0.1) is 12.8 Å². The fourth-order valence-electron chi connectivity index (χ4n) is 2.32. The van der Waals surface area contributed by atoms with E-state index in [1.807, 2.05) is 0 Å². The third-order valence-corrected chi connectivity index (χ3v) is 4.82. The SMILES string of the molecule is CCC(CNC1CC1)Cc1c(Br)c(C)nn1CC. The Bertz CT molecular complexity index is 396. The summed E-state index contributed by atoms with van der Waals surface area (Å²) in [6.45, 7) is 8.61. The van der Waals surface area contributed by atoms with E-state index in [0.717, 1.165) is 31.2 Å². The highest BCUT2D eigenvalue weighted by Gasteiger charge is 2.22. The number of nitrogens with zero attached hydrogens (tertiary/aromatic N) is 2. The van der Waals surface area contributed by atoms with Gasteiger partial charge < -0.3 is 5.32 Å². The zero-order valence-electron chi connectivity index (χ0n) is 11.7. The molecule has 0 saturated heterocycles. The van der Waals surface area contributed by atoms with E-state index in [1.165, 1.54) is 29.4 Å². The smallest absolute Gasteiger partial charge is 0.0738 e. The van der Waals surface area contributed by atoms with Crippen molar-refractivity contribution in [2.45, 2.75) is 59.0 Å². The van der Waals surface area contributed by atoms with Gasteiger partial charge in [0.25, 0.3) is 0 Å². The molecule has 1 heterocycles. The van der Waals surface area contributed by atoms with Gasteiger partial charge in [-0.1, -0.05) is 13.3 Å². The molecule has 1 aromatic rings. The quantitative estimate of drug-likeness (QED) is 0.837. The van der Waals surface area contributed by atoms with Gasteiger partial charge in [0.1, 0.15) is 0 Å². The average molecular weight is 314 g/mol. The standard InChI is InChI=1S/C14H24BrN3/c1-4-11(9-16-12-6-7-12)8-13-14(15)10(3)17-18(13)5-2/h11-12,16H,4-9H2,1-3H3. The third-order valence-electron chi connectivity index (χ3n) is 3.78. The van der Waals surface area contributed by atoms with E-state index in [9.17, 15) is 0 Å².